The minimum Gasteiger partial charge on any atom is -0.288 e. The van der Waals surface area contributed by atoms with Crippen molar-refractivity contribution in [1.82, 2.24) is 5.48 Å². The number of allylic oxidation sites excluding steroid dienone is 2. The zero-order chi connectivity index (χ0) is 17.4. The molecule has 0 aliphatic carbocycles. The first-order valence-corrected chi connectivity index (χ1v) is 8.46. The molecule has 0 bridgehead atoms. The second-order valence-corrected chi connectivity index (χ2v) is 6.42. The topological polar surface area (TPSA) is 95.5 Å². The Bertz CT molecular complexity index is 842. The molecular formula is C17H16N2O4S. The first-order valence-electron chi connectivity index (χ1n) is 6.98. The number of hydrogen-bond donors (Lipinski definition) is 3. The summed E-state index contributed by atoms with van der Waals surface area (Å²) in [6.07, 6.45) is 5.99. The molecule has 0 radical (unpaired) electrons. The van der Waals surface area contributed by atoms with Gasteiger partial charge in [-0.3, -0.25) is 14.7 Å². The van der Waals surface area contributed by atoms with Gasteiger partial charge < -0.3 is 0 Å². The third-order valence-corrected chi connectivity index (χ3v) is 4.37. The molecule has 2 aromatic carbocycles. The minimum absolute atomic E-state index is 0.196. The van der Waals surface area contributed by atoms with Crippen LogP contribution in [0.15, 0.2) is 77.7 Å². The lowest BCUT2D eigenvalue weighted by atomic mass is 10.2. The van der Waals surface area contributed by atoms with Gasteiger partial charge in [-0.25, -0.2) is 13.9 Å². The molecule has 0 spiro atoms. The highest BCUT2D eigenvalue weighted by atomic mass is 32.2. The second-order valence-electron chi connectivity index (χ2n) is 4.73. The van der Waals surface area contributed by atoms with Crippen molar-refractivity contribution in [2.24, 2.45) is 0 Å². The number of sulfonamides is 1. The Hall–Kier alpha value is -2.90. The van der Waals surface area contributed by atoms with Crippen LogP contribution >= 0.6 is 0 Å². The maximum absolute atomic E-state index is 12.2. The second kappa shape index (κ2) is 8.09. The van der Waals surface area contributed by atoms with Crippen LogP contribution in [0.3, 0.4) is 0 Å². The van der Waals surface area contributed by atoms with Gasteiger partial charge in [0.2, 0.25) is 0 Å². The van der Waals surface area contributed by atoms with E-state index in [2.05, 4.69) is 4.72 Å². The Kier molecular flexibility index (Phi) is 5.89. The van der Waals surface area contributed by atoms with Crippen LogP contribution in [0.2, 0.25) is 0 Å². The van der Waals surface area contributed by atoms with Crippen molar-refractivity contribution in [3.63, 3.8) is 0 Å². The molecule has 24 heavy (non-hydrogen) atoms. The van der Waals surface area contributed by atoms with Crippen LogP contribution in [0.25, 0.3) is 6.08 Å². The predicted molar refractivity (Wildman–Crippen MR) is 91.8 cm³/mol. The van der Waals surface area contributed by atoms with E-state index >= 15 is 0 Å². The molecule has 0 atom stereocenters. The molecule has 7 heteroatoms. The van der Waals surface area contributed by atoms with Gasteiger partial charge in [0.25, 0.3) is 15.9 Å². The molecule has 0 aliphatic rings. The number of nitrogens with one attached hydrogen (secondary N) is 2. The summed E-state index contributed by atoms with van der Waals surface area (Å²) in [5.41, 5.74) is 2.76. The maximum Gasteiger partial charge on any atom is 0.267 e. The van der Waals surface area contributed by atoms with Crippen LogP contribution in [0, 0.1) is 0 Å². The third-order valence-electron chi connectivity index (χ3n) is 2.97. The fraction of sp³-hybridized carbons (Fsp3) is 0. The lowest BCUT2D eigenvalue weighted by Gasteiger charge is -2.08. The SMILES string of the molecule is O=C(C=CC=Cc1ccc(NS(=O)(=O)c2ccccc2)cc1)NO. The van der Waals surface area contributed by atoms with Crippen LogP contribution in [0.5, 0.6) is 0 Å². The van der Waals surface area contributed by atoms with Crippen molar-refractivity contribution in [2.45, 2.75) is 4.90 Å². The zero-order valence-electron chi connectivity index (χ0n) is 12.6. The maximum atomic E-state index is 12.2. The van der Waals surface area contributed by atoms with Gasteiger partial charge in [-0.1, -0.05) is 48.6 Å². The summed E-state index contributed by atoms with van der Waals surface area (Å²) in [6, 6.07) is 14.9. The van der Waals surface area contributed by atoms with E-state index in [1.54, 1.807) is 54.6 Å². The normalized spacial score (nSPS) is 11.7. The van der Waals surface area contributed by atoms with Gasteiger partial charge in [0.1, 0.15) is 0 Å². The number of carbonyl (C=O) groups excluding carboxylic acids is 1. The van der Waals surface area contributed by atoms with Crippen LogP contribution in [0.4, 0.5) is 5.69 Å². The van der Waals surface area contributed by atoms with Gasteiger partial charge in [0, 0.05) is 11.8 Å². The van der Waals surface area contributed by atoms with E-state index in [1.807, 2.05) is 0 Å². The monoisotopic (exact) mass is 344 g/mol. The largest absolute Gasteiger partial charge is 0.288 e. The van der Waals surface area contributed by atoms with Crippen LogP contribution in [0.1, 0.15) is 5.56 Å². The van der Waals surface area contributed by atoms with Crippen LogP contribution < -0.4 is 10.2 Å². The Morgan fingerprint density at radius 3 is 2.25 bits per heavy atom. The average molecular weight is 344 g/mol. The molecule has 3 N–H and O–H groups in total. The summed E-state index contributed by atoms with van der Waals surface area (Å²) in [7, 11) is -3.61. The van der Waals surface area contributed by atoms with Crippen molar-refractivity contribution in [3.8, 4) is 0 Å². The highest BCUT2D eigenvalue weighted by molar-refractivity contribution is 7.92. The van der Waals surface area contributed by atoms with E-state index in [9.17, 15) is 13.2 Å². The Labute approximate surface area is 140 Å². The lowest BCUT2D eigenvalue weighted by Crippen LogP contribution is -2.14. The van der Waals surface area contributed by atoms with E-state index < -0.39 is 15.9 Å². The fourth-order valence-electron chi connectivity index (χ4n) is 1.82. The number of carbonyl (C=O) groups is 1. The zero-order valence-corrected chi connectivity index (χ0v) is 13.4. The summed E-state index contributed by atoms with van der Waals surface area (Å²) in [5.74, 6) is -0.620. The number of benzene rings is 2. The van der Waals surface area contributed by atoms with Gasteiger partial charge in [0.15, 0.2) is 0 Å². The van der Waals surface area contributed by atoms with E-state index in [0.29, 0.717) is 5.69 Å². The number of hydrogen-bond acceptors (Lipinski definition) is 4. The molecule has 0 saturated heterocycles. The first kappa shape index (κ1) is 17.5. The minimum atomic E-state index is -3.61. The van der Waals surface area contributed by atoms with E-state index in [0.717, 1.165) is 5.56 Å². The molecule has 2 aromatic rings. The molecule has 0 aromatic heterocycles. The van der Waals surface area contributed by atoms with Crippen LogP contribution in [-0.2, 0) is 14.8 Å². The standard InChI is InChI=1S/C17H16N2O4S/c20-17(18-21)9-5-4-6-14-10-12-15(13-11-14)19-24(22,23)16-7-2-1-3-8-16/h1-13,19,21H,(H,18,20). The molecule has 1 amide bonds. The Morgan fingerprint density at radius 1 is 0.958 bits per heavy atom. The van der Waals surface area contributed by atoms with Crippen molar-refractivity contribution < 1.29 is 18.4 Å². The Balaban J connectivity index is 2.03. The molecule has 6 nitrogen and oxygen atoms in total. The highest BCUT2D eigenvalue weighted by Gasteiger charge is 2.12. The van der Waals surface area contributed by atoms with Gasteiger partial charge in [-0.15, -0.1) is 0 Å². The molecule has 0 saturated carbocycles. The van der Waals surface area contributed by atoms with Crippen molar-refractivity contribution in [3.05, 3.63) is 78.4 Å². The summed E-state index contributed by atoms with van der Waals surface area (Å²) < 4.78 is 26.9. The van der Waals surface area contributed by atoms with Gasteiger partial charge in [-0.2, -0.15) is 0 Å². The predicted octanol–water partition coefficient (Wildman–Crippen LogP) is 2.56. The summed E-state index contributed by atoms with van der Waals surface area (Å²) >= 11 is 0. The third kappa shape index (κ3) is 5.08. The molecule has 0 aliphatic heterocycles. The molecule has 124 valence electrons. The quantitative estimate of drug-likeness (QED) is 0.325. The number of amides is 1. The van der Waals surface area contributed by atoms with E-state index in [-0.39, 0.29) is 4.90 Å². The highest BCUT2D eigenvalue weighted by Crippen LogP contribution is 2.16. The van der Waals surface area contributed by atoms with E-state index in [4.69, 9.17) is 5.21 Å². The summed E-state index contributed by atoms with van der Waals surface area (Å²) in [6.45, 7) is 0. The van der Waals surface area contributed by atoms with Gasteiger partial charge in [-0.05, 0) is 29.8 Å². The first-order chi connectivity index (χ1) is 11.5. The summed E-state index contributed by atoms with van der Waals surface area (Å²) in [4.78, 5) is 11.0. The molecule has 0 unspecified atom stereocenters. The van der Waals surface area contributed by atoms with E-state index in [1.165, 1.54) is 29.8 Å². The molecule has 2 rings (SSSR count). The molecule has 0 fully saturated rings. The van der Waals surface area contributed by atoms with Gasteiger partial charge >= 0.3 is 0 Å². The Morgan fingerprint density at radius 2 is 1.62 bits per heavy atom. The fourth-order valence-corrected chi connectivity index (χ4v) is 2.90. The number of hydroxylamine groups is 1. The van der Waals surface area contributed by atoms with Crippen molar-refractivity contribution >= 4 is 27.7 Å². The molecule has 0 heterocycles. The molecular weight excluding hydrogens is 328 g/mol. The average Bonchev–Trinajstić information content (AvgIpc) is 2.60. The van der Waals surface area contributed by atoms with Crippen molar-refractivity contribution in [1.29, 1.82) is 0 Å². The van der Waals surface area contributed by atoms with Gasteiger partial charge in [0.05, 0.1) is 4.90 Å². The number of rotatable bonds is 6. The van der Waals surface area contributed by atoms with Crippen molar-refractivity contribution in [2.75, 3.05) is 4.72 Å². The smallest absolute Gasteiger partial charge is 0.267 e. The summed E-state index contributed by atoms with van der Waals surface area (Å²) in [5, 5.41) is 8.33. The lowest BCUT2D eigenvalue weighted by molar-refractivity contribution is -0.124. The number of anilines is 1. The van der Waals surface area contributed by atoms with Crippen LogP contribution in [-0.4, -0.2) is 19.5 Å².